The first-order valence-corrected chi connectivity index (χ1v) is 6.99. The van der Waals surface area contributed by atoms with E-state index in [0.717, 1.165) is 17.9 Å². The molecule has 1 aromatic carbocycles. The van der Waals surface area contributed by atoms with Crippen molar-refractivity contribution in [3.05, 3.63) is 36.2 Å². The van der Waals surface area contributed by atoms with Crippen LogP contribution in [-0.4, -0.2) is 22.8 Å². The summed E-state index contributed by atoms with van der Waals surface area (Å²) in [4.78, 5) is 8.44. The van der Waals surface area contributed by atoms with E-state index < -0.39 is 0 Å². The van der Waals surface area contributed by atoms with Gasteiger partial charge in [0.05, 0.1) is 0 Å². The third-order valence-corrected chi connectivity index (χ3v) is 3.41. The predicted molar refractivity (Wildman–Crippen MR) is 74.5 cm³/mol. The maximum absolute atomic E-state index is 5.62. The second-order valence-corrected chi connectivity index (χ2v) is 5.15. The van der Waals surface area contributed by atoms with E-state index in [-0.39, 0.29) is 6.79 Å². The van der Waals surface area contributed by atoms with Crippen LogP contribution in [0.4, 0.5) is 0 Å². The number of aromatic nitrogens is 2. The molecule has 6 nitrogen and oxygen atoms in total. The molecule has 1 N–H and O–H groups in total. The van der Waals surface area contributed by atoms with E-state index in [1.54, 1.807) is 24.5 Å². The van der Waals surface area contributed by atoms with E-state index >= 15 is 0 Å². The summed E-state index contributed by atoms with van der Waals surface area (Å²) in [5.74, 6) is 2.03. The molecular formula is C15H15N3O3. The lowest BCUT2D eigenvalue weighted by Crippen LogP contribution is -2.15. The second-order valence-electron chi connectivity index (χ2n) is 5.15. The standard InChI is InChI=1S/C15H15N3O3/c1-2-11(1)16-6-10-7-17-15(18-8-10)21-12-3-4-13-14(5-12)20-9-19-13/h3-5,7-8,11,16H,1-2,6,9H2. The minimum atomic E-state index is 0.248. The first kappa shape index (κ1) is 12.4. The molecule has 21 heavy (non-hydrogen) atoms. The molecule has 0 atom stereocenters. The highest BCUT2D eigenvalue weighted by molar-refractivity contribution is 5.47. The van der Waals surface area contributed by atoms with Crippen molar-refractivity contribution in [3.63, 3.8) is 0 Å². The van der Waals surface area contributed by atoms with Crippen molar-refractivity contribution in [1.82, 2.24) is 15.3 Å². The van der Waals surface area contributed by atoms with Gasteiger partial charge in [-0.2, -0.15) is 0 Å². The van der Waals surface area contributed by atoms with Gasteiger partial charge in [0.1, 0.15) is 5.75 Å². The fraction of sp³-hybridized carbons (Fsp3) is 0.333. The molecule has 1 fully saturated rings. The van der Waals surface area contributed by atoms with Crippen LogP contribution in [0.2, 0.25) is 0 Å². The average Bonchev–Trinajstić information content (AvgIpc) is 3.23. The van der Waals surface area contributed by atoms with Crippen LogP contribution in [0.3, 0.4) is 0 Å². The number of fused-ring (bicyclic) bond motifs is 1. The lowest BCUT2D eigenvalue weighted by atomic mass is 10.3. The predicted octanol–water partition coefficient (Wildman–Crippen LogP) is 2.25. The molecule has 2 heterocycles. The Hall–Kier alpha value is -2.34. The molecule has 6 heteroatoms. The minimum Gasteiger partial charge on any atom is -0.454 e. The van der Waals surface area contributed by atoms with Crippen molar-refractivity contribution in [2.24, 2.45) is 0 Å². The van der Waals surface area contributed by atoms with Crippen molar-refractivity contribution in [3.8, 4) is 23.3 Å². The summed E-state index contributed by atoms with van der Waals surface area (Å²) in [6, 6.07) is 6.39. The van der Waals surface area contributed by atoms with Crippen molar-refractivity contribution in [1.29, 1.82) is 0 Å². The van der Waals surface area contributed by atoms with Gasteiger partial charge in [0, 0.05) is 36.6 Å². The van der Waals surface area contributed by atoms with Gasteiger partial charge in [0.2, 0.25) is 6.79 Å². The molecular weight excluding hydrogens is 270 g/mol. The molecule has 2 aromatic rings. The van der Waals surface area contributed by atoms with Gasteiger partial charge in [-0.05, 0) is 25.0 Å². The van der Waals surface area contributed by atoms with Crippen molar-refractivity contribution < 1.29 is 14.2 Å². The molecule has 108 valence electrons. The molecule has 0 spiro atoms. The largest absolute Gasteiger partial charge is 0.454 e. The van der Waals surface area contributed by atoms with E-state index in [1.165, 1.54) is 12.8 Å². The summed E-state index contributed by atoms with van der Waals surface area (Å²) in [7, 11) is 0. The van der Waals surface area contributed by atoms with Crippen LogP contribution < -0.4 is 19.5 Å². The third kappa shape index (κ3) is 2.90. The van der Waals surface area contributed by atoms with Gasteiger partial charge in [0.15, 0.2) is 11.5 Å². The smallest absolute Gasteiger partial charge is 0.321 e. The second kappa shape index (κ2) is 5.21. The Morgan fingerprint density at radius 2 is 1.95 bits per heavy atom. The van der Waals surface area contributed by atoms with Gasteiger partial charge >= 0.3 is 6.01 Å². The summed E-state index contributed by atoms with van der Waals surface area (Å²) in [5.41, 5.74) is 1.06. The van der Waals surface area contributed by atoms with Crippen molar-refractivity contribution >= 4 is 0 Å². The number of hydrogen-bond donors (Lipinski definition) is 1. The van der Waals surface area contributed by atoms with E-state index in [1.807, 2.05) is 6.07 Å². The molecule has 0 amide bonds. The first-order valence-electron chi connectivity index (χ1n) is 6.99. The Kier molecular flexibility index (Phi) is 3.08. The summed E-state index contributed by atoms with van der Waals surface area (Å²) < 4.78 is 16.2. The SMILES string of the molecule is c1nc(Oc2ccc3c(c2)OCO3)ncc1CNC1CC1. The summed E-state index contributed by atoms with van der Waals surface area (Å²) in [6.45, 7) is 1.05. The average molecular weight is 285 g/mol. The normalized spacial score (nSPS) is 16.0. The Balaban J connectivity index is 1.41. The van der Waals surface area contributed by atoms with Crippen molar-refractivity contribution in [2.75, 3.05) is 6.79 Å². The summed E-state index contributed by atoms with van der Waals surface area (Å²) in [5, 5.41) is 3.42. The van der Waals surface area contributed by atoms with Gasteiger partial charge in [-0.15, -0.1) is 0 Å². The molecule has 0 bridgehead atoms. The number of nitrogens with zero attached hydrogens (tertiary/aromatic N) is 2. The topological polar surface area (TPSA) is 65.5 Å². The van der Waals surface area contributed by atoms with Crippen molar-refractivity contribution in [2.45, 2.75) is 25.4 Å². The molecule has 2 aliphatic rings. The van der Waals surface area contributed by atoms with Gasteiger partial charge in [0.25, 0.3) is 0 Å². The van der Waals surface area contributed by atoms with Gasteiger partial charge in [-0.25, -0.2) is 9.97 Å². The van der Waals surface area contributed by atoms with Crippen LogP contribution in [-0.2, 0) is 6.54 Å². The molecule has 0 radical (unpaired) electrons. The number of ether oxygens (including phenoxy) is 3. The van der Waals surface area contributed by atoms with Gasteiger partial charge in [-0.3, -0.25) is 0 Å². The molecule has 4 rings (SSSR count). The van der Waals surface area contributed by atoms with E-state index in [0.29, 0.717) is 23.6 Å². The molecule has 1 saturated carbocycles. The van der Waals surface area contributed by atoms with Crippen LogP contribution in [0.1, 0.15) is 18.4 Å². The Morgan fingerprint density at radius 3 is 2.76 bits per heavy atom. The highest BCUT2D eigenvalue weighted by atomic mass is 16.7. The van der Waals surface area contributed by atoms with Crippen LogP contribution in [0.25, 0.3) is 0 Å². The molecule has 1 aliphatic carbocycles. The van der Waals surface area contributed by atoms with E-state index in [9.17, 15) is 0 Å². The monoisotopic (exact) mass is 285 g/mol. The lowest BCUT2D eigenvalue weighted by molar-refractivity contribution is 0.174. The van der Waals surface area contributed by atoms with E-state index in [2.05, 4.69) is 15.3 Å². The Morgan fingerprint density at radius 1 is 1.14 bits per heavy atom. The molecule has 1 aliphatic heterocycles. The van der Waals surface area contributed by atoms with Crippen LogP contribution in [0, 0.1) is 0 Å². The Labute approximate surface area is 122 Å². The summed E-state index contributed by atoms with van der Waals surface area (Å²) >= 11 is 0. The molecule has 0 saturated heterocycles. The number of benzene rings is 1. The zero-order valence-corrected chi connectivity index (χ0v) is 11.4. The number of nitrogens with one attached hydrogen (secondary N) is 1. The fourth-order valence-corrected chi connectivity index (χ4v) is 2.08. The zero-order chi connectivity index (χ0) is 14.1. The van der Waals surface area contributed by atoms with Gasteiger partial charge in [-0.1, -0.05) is 0 Å². The van der Waals surface area contributed by atoms with Crippen LogP contribution >= 0.6 is 0 Å². The quantitative estimate of drug-likeness (QED) is 0.909. The zero-order valence-electron chi connectivity index (χ0n) is 11.4. The van der Waals surface area contributed by atoms with Crippen LogP contribution in [0.5, 0.6) is 23.3 Å². The summed E-state index contributed by atoms with van der Waals surface area (Å²) in [6.07, 6.45) is 6.10. The fourth-order valence-electron chi connectivity index (χ4n) is 2.08. The maximum atomic E-state index is 5.62. The molecule has 1 aromatic heterocycles. The lowest BCUT2D eigenvalue weighted by Gasteiger charge is -2.06. The maximum Gasteiger partial charge on any atom is 0.321 e. The van der Waals surface area contributed by atoms with Gasteiger partial charge < -0.3 is 19.5 Å². The van der Waals surface area contributed by atoms with Crippen LogP contribution in [0.15, 0.2) is 30.6 Å². The minimum absolute atomic E-state index is 0.248. The number of rotatable bonds is 5. The number of hydrogen-bond acceptors (Lipinski definition) is 6. The highest BCUT2D eigenvalue weighted by Crippen LogP contribution is 2.36. The first-order chi connectivity index (χ1) is 10.4. The molecule has 0 unspecified atom stereocenters. The van der Waals surface area contributed by atoms with E-state index in [4.69, 9.17) is 14.2 Å². The Bertz CT molecular complexity index is 641. The highest BCUT2D eigenvalue weighted by Gasteiger charge is 2.20. The third-order valence-electron chi connectivity index (χ3n) is 3.41.